The molecular weight excluding hydrogens is 292 g/mol. The largest absolute Gasteiger partial charge is 0.392 e. The predicted octanol–water partition coefficient (Wildman–Crippen LogP) is 2.08. The van der Waals surface area contributed by atoms with E-state index in [0.717, 1.165) is 25.7 Å². The van der Waals surface area contributed by atoms with Gasteiger partial charge < -0.3 is 15.3 Å². The molecule has 1 atom stereocenters. The highest BCUT2D eigenvalue weighted by atomic mass is 16.3. The molecule has 1 aliphatic carbocycles. The van der Waals surface area contributed by atoms with Crippen LogP contribution < -0.4 is 5.32 Å². The number of carbonyl (C=O) groups is 2. The second-order valence-corrected chi connectivity index (χ2v) is 7.51. The van der Waals surface area contributed by atoms with Crippen molar-refractivity contribution < 1.29 is 14.7 Å². The zero-order valence-corrected chi connectivity index (χ0v) is 14.6. The number of piperidine rings is 1. The summed E-state index contributed by atoms with van der Waals surface area (Å²) in [6.07, 6.45) is 6.93. The minimum Gasteiger partial charge on any atom is -0.392 e. The van der Waals surface area contributed by atoms with Crippen LogP contribution in [0.3, 0.4) is 0 Å². The standard InChI is InChI=1S/C18H32N2O3/c1-13(2)16(21)12-17(22)20-10-8-15(9-11-20)19-18(23)14-6-4-3-5-7-14/h13-16,21H,3-12H2,1-2H3,(H,19,23). The third-order valence-corrected chi connectivity index (χ3v) is 5.32. The number of aliphatic hydroxyl groups is 1. The van der Waals surface area contributed by atoms with Gasteiger partial charge in [-0.1, -0.05) is 33.1 Å². The van der Waals surface area contributed by atoms with Gasteiger partial charge in [0.1, 0.15) is 0 Å². The lowest BCUT2D eigenvalue weighted by atomic mass is 9.88. The Bertz CT molecular complexity index is 397. The van der Waals surface area contributed by atoms with Gasteiger partial charge in [0.15, 0.2) is 0 Å². The summed E-state index contributed by atoms with van der Waals surface area (Å²) < 4.78 is 0. The van der Waals surface area contributed by atoms with Gasteiger partial charge in [-0.2, -0.15) is 0 Å². The highest BCUT2D eigenvalue weighted by molar-refractivity contribution is 5.79. The minimum absolute atomic E-state index is 0.0308. The highest BCUT2D eigenvalue weighted by Gasteiger charge is 2.28. The van der Waals surface area contributed by atoms with Crippen LogP contribution in [0.1, 0.15) is 65.2 Å². The summed E-state index contributed by atoms with van der Waals surface area (Å²) in [6.45, 7) is 5.20. The smallest absolute Gasteiger partial charge is 0.225 e. The topological polar surface area (TPSA) is 69.6 Å². The van der Waals surface area contributed by atoms with Crippen LogP contribution in [0, 0.1) is 11.8 Å². The lowest BCUT2D eigenvalue weighted by molar-refractivity contribution is -0.135. The van der Waals surface area contributed by atoms with Gasteiger partial charge in [-0.05, 0) is 31.6 Å². The Morgan fingerprint density at radius 2 is 1.70 bits per heavy atom. The van der Waals surface area contributed by atoms with Crippen molar-refractivity contribution in [2.45, 2.75) is 77.4 Å². The molecule has 0 bridgehead atoms. The maximum atomic E-state index is 12.3. The van der Waals surface area contributed by atoms with Crippen molar-refractivity contribution in [1.82, 2.24) is 10.2 Å². The molecule has 0 spiro atoms. The maximum absolute atomic E-state index is 12.3. The Morgan fingerprint density at radius 3 is 2.26 bits per heavy atom. The second-order valence-electron chi connectivity index (χ2n) is 7.51. The number of amides is 2. The molecule has 23 heavy (non-hydrogen) atoms. The predicted molar refractivity (Wildman–Crippen MR) is 89.8 cm³/mol. The summed E-state index contributed by atoms with van der Waals surface area (Å²) >= 11 is 0. The average Bonchev–Trinajstić information content (AvgIpc) is 2.56. The molecule has 5 heteroatoms. The second kappa shape index (κ2) is 8.67. The zero-order chi connectivity index (χ0) is 16.8. The lowest BCUT2D eigenvalue weighted by Gasteiger charge is -2.34. The molecule has 1 aliphatic heterocycles. The minimum atomic E-state index is -0.564. The van der Waals surface area contributed by atoms with E-state index in [2.05, 4.69) is 5.32 Å². The van der Waals surface area contributed by atoms with E-state index >= 15 is 0 Å². The number of rotatable bonds is 5. The molecule has 1 saturated heterocycles. The first kappa shape index (κ1) is 18.2. The van der Waals surface area contributed by atoms with E-state index in [1.165, 1.54) is 19.3 Å². The van der Waals surface area contributed by atoms with E-state index < -0.39 is 6.10 Å². The maximum Gasteiger partial charge on any atom is 0.225 e. The third kappa shape index (κ3) is 5.48. The van der Waals surface area contributed by atoms with Crippen molar-refractivity contribution in [3.63, 3.8) is 0 Å². The first-order valence-electron chi connectivity index (χ1n) is 9.23. The van der Waals surface area contributed by atoms with Gasteiger partial charge in [0.25, 0.3) is 0 Å². The number of hydrogen-bond acceptors (Lipinski definition) is 3. The summed E-state index contributed by atoms with van der Waals surface area (Å²) in [5.74, 6) is 0.545. The van der Waals surface area contributed by atoms with E-state index in [-0.39, 0.29) is 36.1 Å². The van der Waals surface area contributed by atoms with Gasteiger partial charge in [-0.15, -0.1) is 0 Å². The summed E-state index contributed by atoms with van der Waals surface area (Å²) in [6, 6.07) is 0.198. The Kier molecular flexibility index (Phi) is 6.88. The van der Waals surface area contributed by atoms with E-state index in [0.29, 0.717) is 13.1 Å². The fourth-order valence-electron chi connectivity index (χ4n) is 3.50. The summed E-state index contributed by atoms with van der Waals surface area (Å²) in [4.78, 5) is 26.3. The fraction of sp³-hybridized carbons (Fsp3) is 0.889. The normalized spacial score (nSPS) is 22.2. The molecule has 1 heterocycles. The van der Waals surface area contributed by atoms with E-state index in [1.807, 2.05) is 18.7 Å². The van der Waals surface area contributed by atoms with Crippen molar-refractivity contribution in [2.24, 2.45) is 11.8 Å². The molecule has 0 aromatic rings. The van der Waals surface area contributed by atoms with Gasteiger partial charge in [-0.25, -0.2) is 0 Å². The van der Waals surface area contributed by atoms with Gasteiger partial charge in [0.05, 0.1) is 12.5 Å². The first-order valence-corrected chi connectivity index (χ1v) is 9.23. The van der Waals surface area contributed by atoms with Crippen molar-refractivity contribution >= 4 is 11.8 Å². The number of likely N-dealkylation sites (tertiary alicyclic amines) is 1. The summed E-state index contributed by atoms with van der Waals surface area (Å²) in [7, 11) is 0. The van der Waals surface area contributed by atoms with Gasteiger partial charge in [0, 0.05) is 25.0 Å². The lowest BCUT2D eigenvalue weighted by Crippen LogP contribution is -2.48. The molecule has 0 aromatic heterocycles. The Morgan fingerprint density at radius 1 is 1.09 bits per heavy atom. The number of carbonyl (C=O) groups excluding carboxylic acids is 2. The van der Waals surface area contributed by atoms with Crippen LogP contribution >= 0.6 is 0 Å². The van der Waals surface area contributed by atoms with Crippen LogP contribution in [0.25, 0.3) is 0 Å². The summed E-state index contributed by atoms with van der Waals surface area (Å²) in [5, 5.41) is 13.0. The van der Waals surface area contributed by atoms with Crippen molar-refractivity contribution in [1.29, 1.82) is 0 Å². The van der Waals surface area contributed by atoms with E-state index in [1.54, 1.807) is 0 Å². The van der Waals surface area contributed by atoms with Crippen LogP contribution in [0.4, 0.5) is 0 Å². The molecular formula is C18H32N2O3. The Balaban J connectivity index is 1.71. The molecule has 2 rings (SSSR count). The van der Waals surface area contributed by atoms with Crippen LogP contribution in [-0.4, -0.2) is 47.1 Å². The van der Waals surface area contributed by atoms with Crippen LogP contribution in [0.2, 0.25) is 0 Å². The van der Waals surface area contributed by atoms with E-state index in [9.17, 15) is 14.7 Å². The van der Waals surface area contributed by atoms with Crippen molar-refractivity contribution in [3.05, 3.63) is 0 Å². The number of nitrogens with zero attached hydrogens (tertiary/aromatic N) is 1. The average molecular weight is 324 g/mol. The number of hydrogen-bond donors (Lipinski definition) is 2. The van der Waals surface area contributed by atoms with Crippen LogP contribution in [0.15, 0.2) is 0 Å². The Hall–Kier alpha value is -1.10. The molecule has 0 aromatic carbocycles. The molecule has 2 N–H and O–H groups in total. The quantitative estimate of drug-likeness (QED) is 0.813. The molecule has 5 nitrogen and oxygen atoms in total. The van der Waals surface area contributed by atoms with Crippen molar-refractivity contribution in [2.75, 3.05) is 13.1 Å². The highest BCUT2D eigenvalue weighted by Crippen LogP contribution is 2.24. The monoisotopic (exact) mass is 324 g/mol. The first-order chi connectivity index (χ1) is 11.0. The van der Waals surface area contributed by atoms with Crippen LogP contribution in [0.5, 0.6) is 0 Å². The Labute approximate surface area is 139 Å². The van der Waals surface area contributed by atoms with Gasteiger partial charge >= 0.3 is 0 Å². The fourth-order valence-corrected chi connectivity index (χ4v) is 3.50. The molecule has 132 valence electrons. The number of nitrogens with one attached hydrogen (secondary N) is 1. The molecule has 0 radical (unpaired) electrons. The molecule has 1 unspecified atom stereocenters. The number of aliphatic hydroxyl groups excluding tert-OH is 1. The van der Waals surface area contributed by atoms with Gasteiger partial charge in [0.2, 0.25) is 11.8 Å². The van der Waals surface area contributed by atoms with Gasteiger partial charge in [-0.3, -0.25) is 9.59 Å². The SMILES string of the molecule is CC(C)C(O)CC(=O)N1CCC(NC(=O)C2CCCCC2)CC1. The van der Waals surface area contributed by atoms with E-state index in [4.69, 9.17) is 0 Å². The summed E-state index contributed by atoms with van der Waals surface area (Å²) in [5.41, 5.74) is 0. The zero-order valence-electron chi connectivity index (χ0n) is 14.6. The van der Waals surface area contributed by atoms with Crippen LogP contribution in [-0.2, 0) is 9.59 Å². The molecule has 1 saturated carbocycles. The molecule has 2 fully saturated rings. The third-order valence-electron chi connectivity index (χ3n) is 5.32. The molecule has 2 aliphatic rings. The molecule has 2 amide bonds. The van der Waals surface area contributed by atoms with Crippen molar-refractivity contribution in [3.8, 4) is 0 Å².